The summed E-state index contributed by atoms with van der Waals surface area (Å²) in [5.41, 5.74) is 11.7. The number of benzene rings is 3. The van der Waals surface area contributed by atoms with Gasteiger partial charge in [0.2, 0.25) is 0 Å². The van der Waals surface area contributed by atoms with E-state index in [-0.39, 0.29) is 5.41 Å². The van der Waals surface area contributed by atoms with E-state index in [1.165, 1.54) is 38.8 Å². The second kappa shape index (κ2) is 6.56. The highest BCUT2D eigenvalue weighted by Crippen LogP contribution is 2.53. The van der Waals surface area contributed by atoms with Crippen LogP contribution in [-0.4, -0.2) is 4.98 Å². The predicted octanol–water partition coefficient (Wildman–Crippen LogP) is 8.39. The number of rotatable bonds is 2. The van der Waals surface area contributed by atoms with Crippen LogP contribution in [0, 0.1) is 6.92 Å². The van der Waals surface area contributed by atoms with Crippen LogP contribution in [0.1, 0.15) is 55.9 Å². The number of aryl methyl sites for hydroxylation is 1. The molecule has 6 rings (SSSR count). The largest absolute Gasteiger partial charge is 0.455 e. The number of fused-ring (bicyclic) bond motifs is 7. The van der Waals surface area contributed by atoms with E-state index in [0.717, 1.165) is 27.8 Å². The highest BCUT2D eigenvalue weighted by atomic mass is 16.3. The Balaban J connectivity index is 1.69. The van der Waals surface area contributed by atoms with Crippen LogP contribution in [0.15, 0.2) is 71.3 Å². The monoisotopic (exact) mass is 417 g/mol. The van der Waals surface area contributed by atoms with Crippen molar-refractivity contribution in [1.82, 2.24) is 4.98 Å². The summed E-state index contributed by atoms with van der Waals surface area (Å²) in [6, 6.07) is 22.0. The van der Waals surface area contributed by atoms with E-state index in [1.807, 2.05) is 6.20 Å². The maximum absolute atomic E-state index is 6.79. The van der Waals surface area contributed by atoms with Gasteiger partial charge in [-0.25, -0.2) is 0 Å². The first-order valence-corrected chi connectivity index (χ1v) is 11.4. The van der Waals surface area contributed by atoms with Gasteiger partial charge in [-0.2, -0.15) is 0 Å². The summed E-state index contributed by atoms with van der Waals surface area (Å²) in [6.07, 6.45) is 1.92. The maximum atomic E-state index is 6.79. The average molecular weight is 418 g/mol. The van der Waals surface area contributed by atoms with E-state index in [1.54, 1.807) is 0 Å². The highest BCUT2D eigenvalue weighted by Gasteiger charge is 2.38. The molecule has 0 atom stereocenters. The van der Waals surface area contributed by atoms with Crippen molar-refractivity contribution in [3.8, 4) is 22.4 Å². The first kappa shape index (κ1) is 19.3. The minimum atomic E-state index is -0.107. The summed E-state index contributed by atoms with van der Waals surface area (Å²) in [7, 11) is 0. The zero-order valence-corrected chi connectivity index (χ0v) is 19.3. The van der Waals surface area contributed by atoms with E-state index < -0.39 is 0 Å². The number of furan rings is 1. The Hall–Kier alpha value is -3.39. The number of hydrogen-bond donors (Lipinski definition) is 0. The van der Waals surface area contributed by atoms with Crippen molar-refractivity contribution in [2.75, 3.05) is 0 Å². The predicted molar refractivity (Wildman–Crippen MR) is 133 cm³/mol. The number of aromatic nitrogens is 1. The summed E-state index contributed by atoms with van der Waals surface area (Å²) in [5.74, 6) is 0.453. The first-order chi connectivity index (χ1) is 15.4. The molecule has 1 aliphatic rings. The fourth-order valence-electron chi connectivity index (χ4n) is 5.51. The Labute approximate surface area is 188 Å². The van der Waals surface area contributed by atoms with Crippen LogP contribution in [0.4, 0.5) is 0 Å². The summed E-state index contributed by atoms with van der Waals surface area (Å²) in [5, 5.41) is 2.34. The van der Waals surface area contributed by atoms with Gasteiger partial charge in [-0.05, 0) is 58.9 Å². The van der Waals surface area contributed by atoms with Gasteiger partial charge in [-0.15, -0.1) is 0 Å². The topological polar surface area (TPSA) is 26.0 Å². The lowest BCUT2D eigenvalue weighted by molar-refractivity contribution is 0.620. The Morgan fingerprint density at radius 1 is 0.844 bits per heavy atom. The summed E-state index contributed by atoms with van der Waals surface area (Å²) < 4.78 is 6.79. The van der Waals surface area contributed by atoms with Gasteiger partial charge in [0.15, 0.2) is 0 Å². The number of nitrogens with zero attached hydrogens (tertiary/aromatic N) is 1. The van der Waals surface area contributed by atoms with Crippen molar-refractivity contribution in [3.63, 3.8) is 0 Å². The molecular weight excluding hydrogens is 390 g/mol. The van der Waals surface area contributed by atoms with Crippen molar-refractivity contribution in [1.29, 1.82) is 0 Å². The third kappa shape index (κ3) is 2.50. The van der Waals surface area contributed by atoms with Crippen molar-refractivity contribution >= 4 is 21.9 Å². The molecule has 5 aromatic rings. The standard InChI is InChI=1S/C30H27NO/c1-17(2)19-14-15-31-25(16-19)26-18(3)10-11-22-23-13-12-21-20-8-6-7-9-24(20)30(4,5)27(21)29(23)32-28(22)26/h6-17H,1-5H3. The fourth-order valence-corrected chi connectivity index (χ4v) is 5.51. The second-order valence-electron chi connectivity index (χ2n) is 9.90. The number of hydrogen-bond acceptors (Lipinski definition) is 2. The Morgan fingerprint density at radius 3 is 2.41 bits per heavy atom. The third-order valence-corrected chi connectivity index (χ3v) is 7.24. The SMILES string of the molecule is Cc1ccc2c(oc3c4c(ccc32)-c2ccccc2C4(C)C)c1-c1cc(C(C)C)ccn1. The van der Waals surface area contributed by atoms with Crippen LogP contribution in [0.3, 0.4) is 0 Å². The molecule has 2 aromatic heterocycles. The van der Waals surface area contributed by atoms with Gasteiger partial charge in [-0.3, -0.25) is 4.98 Å². The molecule has 0 unspecified atom stereocenters. The molecule has 0 amide bonds. The van der Waals surface area contributed by atoms with Crippen LogP contribution in [-0.2, 0) is 5.41 Å². The summed E-state index contributed by atoms with van der Waals surface area (Å²) in [4.78, 5) is 4.75. The van der Waals surface area contributed by atoms with E-state index in [9.17, 15) is 0 Å². The molecule has 2 nitrogen and oxygen atoms in total. The maximum Gasteiger partial charge on any atom is 0.145 e. The molecule has 32 heavy (non-hydrogen) atoms. The van der Waals surface area contributed by atoms with Gasteiger partial charge in [0, 0.05) is 33.5 Å². The zero-order valence-electron chi connectivity index (χ0n) is 19.3. The van der Waals surface area contributed by atoms with E-state index >= 15 is 0 Å². The van der Waals surface area contributed by atoms with E-state index in [0.29, 0.717) is 5.92 Å². The molecule has 0 saturated heterocycles. The molecule has 2 heteroatoms. The van der Waals surface area contributed by atoms with Crippen LogP contribution in [0.2, 0.25) is 0 Å². The first-order valence-electron chi connectivity index (χ1n) is 11.4. The summed E-state index contributed by atoms with van der Waals surface area (Å²) >= 11 is 0. The quantitative estimate of drug-likeness (QED) is 0.288. The molecular formula is C30H27NO. The molecule has 0 aliphatic heterocycles. The lowest BCUT2D eigenvalue weighted by atomic mass is 9.82. The smallest absolute Gasteiger partial charge is 0.145 e. The molecule has 0 spiro atoms. The van der Waals surface area contributed by atoms with E-state index in [2.05, 4.69) is 95.3 Å². The van der Waals surface area contributed by atoms with Crippen LogP contribution >= 0.6 is 0 Å². The lowest BCUT2D eigenvalue weighted by Crippen LogP contribution is -2.15. The van der Waals surface area contributed by atoms with Crippen LogP contribution < -0.4 is 0 Å². The van der Waals surface area contributed by atoms with Gasteiger partial charge in [0.05, 0.1) is 5.69 Å². The fraction of sp³-hybridized carbons (Fsp3) is 0.233. The molecule has 0 saturated carbocycles. The third-order valence-electron chi connectivity index (χ3n) is 7.24. The minimum absolute atomic E-state index is 0.107. The van der Waals surface area contributed by atoms with Crippen molar-refractivity contribution < 1.29 is 4.42 Å². The number of pyridine rings is 1. The highest BCUT2D eigenvalue weighted by molar-refractivity contribution is 6.12. The lowest BCUT2D eigenvalue weighted by Gasteiger charge is -2.21. The Morgan fingerprint density at radius 2 is 1.59 bits per heavy atom. The van der Waals surface area contributed by atoms with Gasteiger partial charge in [0.25, 0.3) is 0 Å². The Kier molecular flexibility index (Phi) is 3.96. The molecule has 158 valence electrons. The average Bonchev–Trinajstić information content (AvgIpc) is 3.26. The normalized spacial score (nSPS) is 14.3. The van der Waals surface area contributed by atoms with Crippen molar-refractivity contribution in [3.05, 3.63) is 89.1 Å². The minimum Gasteiger partial charge on any atom is -0.455 e. The van der Waals surface area contributed by atoms with Gasteiger partial charge in [0.1, 0.15) is 11.2 Å². The molecule has 0 fully saturated rings. The molecule has 0 radical (unpaired) electrons. The van der Waals surface area contributed by atoms with Crippen LogP contribution in [0.25, 0.3) is 44.3 Å². The second-order valence-corrected chi connectivity index (χ2v) is 9.90. The van der Waals surface area contributed by atoms with Crippen molar-refractivity contribution in [2.24, 2.45) is 0 Å². The van der Waals surface area contributed by atoms with Gasteiger partial charge >= 0.3 is 0 Å². The molecule has 2 heterocycles. The van der Waals surface area contributed by atoms with Gasteiger partial charge < -0.3 is 4.42 Å². The van der Waals surface area contributed by atoms with E-state index in [4.69, 9.17) is 9.40 Å². The van der Waals surface area contributed by atoms with Crippen molar-refractivity contribution in [2.45, 2.75) is 46.0 Å². The molecule has 3 aromatic carbocycles. The van der Waals surface area contributed by atoms with Crippen LogP contribution in [0.5, 0.6) is 0 Å². The zero-order chi connectivity index (χ0) is 22.2. The molecule has 0 bridgehead atoms. The molecule has 0 N–H and O–H groups in total. The molecule has 1 aliphatic carbocycles. The Bertz CT molecular complexity index is 1530. The van der Waals surface area contributed by atoms with Gasteiger partial charge in [-0.1, -0.05) is 70.2 Å². The summed E-state index contributed by atoms with van der Waals surface area (Å²) in [6.45, 7) is 11.2.